The van der Waals surface area contributed by atoms with Gasteiger partial charge in [-0.25, -0.2) is 4.79 Å². The molecule has 0 bridgehead atoms. The second-order valence-corrected chi connectivity index (χ2v) is 5.80. The number of carboxylic acid groups (broad SMARTS) is 1. The number of hydrogen-bond donors (Lipinski definition) is 2. The molecule has 2 aromatic rings. The smallest absolute Gasteiger partial charge is 0.475 e. The molecule has 1 aromatic carbocycles. The molecule has 142 valence electrons. The summed E-state index contributed by atoms with van der Waals surface area (Å²) in [6.45, 7) is 4.66. The zero-order valence-electron chi connectivity index (χ0n) is 14.1. The van der Waals surface area contributed by atoms with Gasteiger partial charge in [-0.1, -0.05) is 18.2 Å². The Bertz CT molecular complexity index is 786. The minimum absolute atomic E-state index is 0.205. The molecule has 0 fully saturated rings. The Kier molecular flexibility index (Phi) is 6.25. The Morgan fingerprint density at radius 3 is 2.58 bits per heavy atom. The van der Waals surface area contributed by atoms with Crippen LogP contribution in [0.5, 0.6) is 0 Å². The molecule has 3 rings (SSSR count). The van der Waals surface area contributed by atoms with Crippen LogP contribution in [0.3, 0.4) is 0 Å². The van der Waals surface area contributed by atoms with Crippen LogP contribution >= 0.6 is 0 Å². The maximum Gasteiger partial charge on any atom is 0.490 e. The van der Waals surface area contributed by atoms with Crippen molar-refractivity contribution in [3.63, 3.8) is 0 Å². The van der Waals surface area contributed by atoms with Crippen molar-refractivity contribution in [2.45, 2.75) is 26.1 Å². The summed E-state index contributed by atoms with van der Waals surface area (Å²) in [6, 6.07) is 8.45. The van der Waals surface area contributed by atoms with E-state index in [1.54, 1.807) is 0 Å². The molecule has 26 heavy (non-hydrogen) atoms. The SMILES string of the molecule is CC(=O)OCCN1CCc2c([nH]c3ccccc23)C1.O=C(O)C(F)(F)F. The number of nitrogens with zero attached hydrogens (tertiary/aromatic N) is 1. The third-order valence-corrected chi connectivity index (χ3v) is 3.92. The molecule has 9 heteroatoms. The zero-order chi connectivity index (χ0) is 19.3. The molecule has 1 aliphatic heterocycles. The van der Waals surface area contributed by atoms with Crippen molar-refractivity contribution in [3.8, 4) is 0 Å². The van der Waals surface area contributed by atoms with Crippen LogP contribution in [0.25, 0.3) is 10.9 Å². The number of aliphatic carboxylic acids is 1. The highest BCUT2D eigenvalue weighted by molar-refractivity contribution is 5.84. The fourth-order valence-corrected chi connectivity index (χ4v) is 2.76. The predicted molar refractivity (Wildman–Crippen MR) is 87.6 cm³/mol. The average molecular weight is 372 g/mol. The van der Waals surface area contributed by atoms with E-state index in [1.165, 1.54) is 29.1 Å². The third-order valence-electron chi connectivity index (χ3n) is 3.92. The molecule has 0 unspecified atom stereocenters. The number of benzene rings is 1. The van der Waals surface area contributed by atoms with Crippen molar-refractivity contribution in [3.05, 3.63) is 35.5 Å². The number of carbonyl (C=O) groups is 2. The standard InChI is InChI=1S/C15H18N2O2.C2HF3O2/c1-11(18)19-9-8-17-7-6-13-12-4-2-3-5-14(12)16-15(13)10-17;3-2(4,5)1(6)7/h2-5,16H,6-10H2,1H3;(H,6,7). The Balaban J connectivity index is 0.000000298. The summed E-state index contributed by atoms with van der Waals surface area (Å²) in [7, 11) is 0. The van der Waals surface area contributed by atoms with E-state index < -0.39 is 12.1 Å². The minimum atomic E-state index is -5.08. The second kappa shape index (κ2) is 8.22. The monoisotopic (exact) mass is 372 g/mol. The van der Waals surface area contributed by atoms with Crippen LogP contribution in [0.1, 0.15) is 18.2 Å². The van der Waals surface area contributed by atoms with Crippen molar-refractivity contribution in [1.82, 2.24) is 9.88 Å². The Labute approximate surface area is 147 Å². The fraction of sp³-hybridized carbons (Fsp3) is 0.412. The number of hydrogen-bond acceptors (Lipinski definition) is 4. The van der Waals surface area contributed by atoms with E-state index in [0.29, 0.717) is 6.61 Å². The molecule has 0 radical (unpaired) electrons. The molecule has 0 saturated heterocycles. The van der Waals surface area contributed by atoms with E-state index in [1.807, 2.05) is 0 Å². The number of carbonyl (C=O) groups excluding carboxylic acids is 1. The Morgan fingerprint density at radius 1 is 1.31 bits per heavy atom. The lowest BCUT2D eigenvalue weighted by atomic mass is 10.0. The number of esters is 1. The fourth-order valence-electron chi connectivity index (χ4n) is 2.76. The zero-order valence-corrected chi connectivity index (χ0v) is 14.1. The highest BCUT2D eigenvalue weighted by Crippen LogP contribution is 2.27. The van der Waals surface area contributed by atoms with Crippen LogP contribution in [0, 0.1) is 0 Å². The van der Waals surface area contributed by atoms with E-state index in [9.17, 15) is 18.0 Å². The topological polar surface area (TPSA) is 82.6 Å². The molecule has 1 aromatic heterocycles. The molecule has 2 N–H and O–H groups in total. The van der Waals surface area contributed by atoms with Gasteiger partial charge in [0.2, 0.25) is 0 Å². The molecule has 0 saturated carbocycles. The lowest BCUT2D eigenvalue weighted by Gasteiger charge is -2.26. The summed E-state index contributed by atoms with van der Waals surface area (Å²) in [5.74, 6) is -2.96. The van der Waals surface area contributed by atoms with Gasteiger partial charge in [-0.2, -0.15) is 13.2 Å². The quantitative estimate of drug-likeness (QED) is 0.810. The number of ether oxygens (including phenoxy) is 1. The van der Waals surface area contributed by atoms with Crippen LogP contribution in [0.4, 0.5) is 13.2 Å². The van der Waals surface area contributed by atoms with Gasteiger partial charge in [-0.15, -0.1) is 0 Å². The second-order valence-electron chi connectivity index (χ2n) is 5.80. The van der Waals surface area contributed by atoms with Crippen molar-refractivity contribution in [1.29, 1.82) is 0 Å². The van der Waals surface area contributed by atoms with Crippen LogP contribution in [0.15, 0.2) is 24.3 Å². The number of alkyl halides is 3. The summed E-state index contributed by atoms with van der Waals surface area (Å²) in [4.78, 5) is 25.5. The first-order chi connectivity index (χ1) is 12.2. The normalized spacial score (nSPS) is 14.3. The van der Waals surface area contributed by atoms with E-state index in [2.05, 4.69) is 34.1 Å². The number of halogens is 3. The molecular formula is C17H19F3N2O4. The van der Waals surface area contributed by atoms with Gasteiger partial charge >= 0.3 is 18.1 Å². The first-order valence-electron chi connectivity index (χ1n) is 7.92. The maximum absolute atomic E-state index is 10.8. The highest BCUT2D eigenvalue weighted by Gasteiger charge is 2.38. The molecule has 2 heterocycles. The maximum atomic E-state index is 10.8. The van der Waals surface area contributed by atoms with Crippen LogP contribution in [0.2, 0.25) is 0 Å². The van der Waals surface area contributed by atoms with Crippen molar-refractivity contribution < 1.29 is 32.6 Å². The molecule has 0 amide bonds. The molecule has 6 nitrogen and oxygen atoms in total. The van der Waals surface area contributed by atoms with Crippen LogP contribution in [-0.2, 0) is 27.3 Å². The van der Waals surface area contributed by atoms with E-state index in [0.717, 1.165) is 26.1 Å². The van der Waals surface area contributed by atoms with Gasteiger partial charge in [0.25, 0.3) is 0 Å². The van der Waals surface area contributed by atoms with Gasteiger partial charge in [0.05, 0.1) is 0 Å². The lowest BCUT2D eigenvalue weighted by Crippen LogP contribution is -2.33. The first kappa shape index (κ1) is 19.8. The number of aromatic nitrogens is 1. The molecule has 0 aliphatic carbocycles. The number of carboxylic acids is 1. The average Bonchev–Trinajstić information content (AvgIpc) is 2.92. The number of fused-ring (bicyclic) bond motifs is 3. The number of rotatable bonds is 3. The summed E-state index contributed by atoms with van der Waals surface area (Å²) in [6.07, 6.45) is -4.03. The summed E-state index contributed by atoms with van der Waals surface area (Å²) in [5.41, 5.74) is 3.96. The van der Waals surface area contributed by atoms with E-state index in [4.69, 9.17) is 14.6 Å². The summed E-state index contributed by atoms with van der Waals surface area (Å²) >= 11 is 0. The molecular weight excluding hydrogens is 353 g/mol. The van der Waals surface area contributed by atoms with E-state index >= 15 is 0 Å². The largest absolute Gasteiger partial charge is 0.490 e. The van der Waals surface area contributed by atoms with Crippen molar-refractivity contribution >= 4 is 22.8 Å². The van der Waals surface area contributed by atoms with Gasteiger partial charge < -0.3 is 14.8 Å². The van der Waals surface area contributed by atoms with Gasteiger partial charge in [0.15, 0.2) is 0 Å². The molecule has 0 spiro atoms. The molecule has 1 aliphatic rings. The van der Waals surface area contributed by atoms with Crippen LogP contribution in [-0.4, -0.2) is 52.8 Å². The number of aromatic amines is 1. The lowest BCUT2D eigenvalue weighted by molar-refractivity contribution is -0.192. The van der Waals surface area contributed by atoms with Crippen molar-refractivity contribution in [2.24, 2.45) is 0 Å². The van der Waals surface area contributed by atoms with Gasteiger partial charge in [0.1, 0.15) is 6.61 Å². The predicted octanol–water partition coefficient (Wildman–Crippen LogP) is 2.72. The molecule has 0 atom stereocenters. The minimum Gasteiger partial charge on any atom is -0.475 e. The first-order valence-corrected chi connectivity index (χ1v) is 7.92. The Hall–Kier alpha value is -2.55. The van der Waals surface area contributed by atoms with Gasteiger partial charge in [-0.3, -0.25) is 9.69 Å². The number of nitrogens with one attached hydrogen (secondary N) is 1. The number of H-pyrrole nitrogens is 1. The van der Waals surface area contributed by atoms with Gasteiger partial charge in [0, 0.05) is 43.2 Å². The van der Waals surface area contributed by atoms with Crippen molar-refractivity contribution in [2.75, 3.05) is 19.7 Å². The summed E-state index contributed by atoms with van der Waals surface area (Å²) < 4.78 is 36.7. The summed E-state index contributed by atoms with van der Waals surface area (Å²) in [5, 5.41) is 8.47. The van der Waals surface area contributed by atoms with E-state index in [-0.39, 0.29) is 5.97 Å². The number of para-hydroxylation sites is 1. The third kappa shape index (κ3) is 5.22. The van der Waals surface area contributed by atoms with Crippen LogP contribution < -0.4 is 0 Å². The van der Waals surface area contributed by atoms with Gasteiger partial charge in [-0.05, 0) is 18.1 Å². The highest BCUT2D eigenvalue weighted by atomic mass is 19.4. The Morgan fingerprint density at radius 2 is 1.96 bits per heavy atom.